The molecule has 120 valence electrons. The second-order valence-electron chi connectivity index (χ2n) is 5.30. The molecule has 1 N–H and O–H groups in total. The SMILES string of the molecule is CCCCN(C)c1ccc(CNCCC)cc1C(F)(F)F. The number of nitrogens with one attached hydrogen (secondary N) is 1. The Kier molecular flexibility index (Phi) is 7.02. The van der Waals surface area contributed by atoms with Crippen molar-refractivity contribution in [3.05, 3.63) is 29.3 Å². The van der Waals surface area contributed by atoms with Crippen LogP contribution >= 0.6 is 0 Å². The number of alkyl halides is 3. The summed E-state index contributed by atoms with van der Waals surface area (Å²) in [5, 5.41) is 3.13. The fourth-order valence-electron chi connectivity index (χ4n) is 2.18. The molecule has 0 saturated heterocycles. The van der Waals surface area contributed by atoms with Crippen LogP contribution in [0.1, 0.15) is 44.2 Å². The summed E-state index contributed by atoms with van der Waals surface area (Å²) in [4.78, 5) is 1.69. The zero-order chi connectivity index (χ0) is 15.9. The van der Waals surface area contributed by atoms with Gasteiger partial charge in [-0.1, -0.05) is 26.3 Å². The molecule has 0 bridgehead atoms. The largest absolute Gasteiger partial charge is 0.418 e. The zero-order valence-electron chi connectivity index (χ0n) is 13.1. The Morgan fingerprint density at radius 3 is 2.43 bits per heavy atom. The smallest absolute Gasteiger partial charge is 0.374 e. The molecule has 2 nitrogen and oxygen atoms in total. The highest BCUT2D eigenvalue weighted by molar-refractivity contribution is 5.56. The van der Waals surface area contributed by atoms with Crippen molar-refractivity contribution in [2.24, 2.45) is 0 Å². The summed E-state index contributed by atoms with van der Waals surface area (Å²) in [6.07, 6.45) is -1.52. The minimum atomic E-state index is -4.32. The van der Waals surface area contributed by atoms with Gasteiger partial charge in [0.05, 0.1) is 5.56 Å². The van der Waals surface area contributed by atoms with Gasteiger partial charge in [-0.2, -0.15) is 13.2 Å². The highest BCUT2D eigenvalue weighted by atomic mass is 19.4. The first kappa shape index (κ1) is 17.8. The van der Waals surface area contributed by atoms with Gasteiger partial charge in [0.25, 0.3) is 0 Å². The average molecular weight is 302 g/mol. The fraction of sp³-hybridized carbons (Fsp3) is 0.625. The number of nitrogens with zero attached hydrogens (tertiary/aromatic N) is 1. The number of anilines is 1. The van der Waals surface area contributed by atoms with E-state index in [1.165, 1.54) is 6.07 Å². The van der Waals surface area contributed by atoms with Crippen molar-refractivity contribution >= 4 is 5.69 Å². The second-order valence-corrected chi connectivity index (χ2v) is 5.30. The third kappa shape index (κ3) is 5.58. The van der Waals surface area contributed by atoms with Crippen LogP contribution in [-0.2, 0) is 12.7 Å². The normalized spacial score (nSPS) is 11.7. The molecule has 0 radical (unpaired) electrons. The molecule has 0 atom stereocenters. The van der Waals surface area contributed by atoms with E-state index >= 15 is 0 Å². The van der Waals surface area contributed by atoms with Crippen LogP contribution in [0.4, 0.5) is 18.9 Å². The maximum atomic E-state index is 13.3. The molecular weight excluding hydrogens is 277 g/mol. The topological polar surface area (TPSA) is 15.3 Å². The van der Waals surface area contributed by atoms with Gasteiger partial charge in [0.2, 0.25) is 0 Å². The van der Waals surface area contributed by atoms with Crippen LogP contribution in [0.2, 0.25) is 0 Å². The van der Waals surface area contributed by atoms with Crippen LogP contribution in [0.15, 0.2) is 18.2 Å². The average Bonchev–Trinajstić information content (AvgIpc) is 2.44. The molecule has 0 aliphatic carbocycles. The van der Waals surface area contributed by atoms with E-state index in [1.54, 1.807) is 24.1 Å². The molecule has 0 aliphatic rings. The lowest BCUT2D eigenvalue weighted by molar-refractivity contribution is -0.137. The van der Waals surface area contributed by atoms with Crippen LogP contribution in [0.3, 0.4) is 0 Å². The van der Waals surface area contributed by atoms with Crippen molar-refractivity contribution in [2.45, 2.75) is 45.8 Å². The number of halogens is 3. The highest BCUT2D eigenvalue weighted by Gasteiger charge is 2.34. The molecule has 0 fully saturated rings. The Labute approximate surface area is 125 Å². The van der Waals surface area contributed by atoms with Crippen molar-refractivity contribution in [3.8, 4) is 0 Å². The maximum Gasteiger partial charge on any atom is 0.418 e. The maximum absolute atomic E-state index is 13.3. The molecule has 1 rings (SSSR count). The summed E-state index contributed by atoms with van der Waals surface area (Å²) in [5.74, 6) is 0. The molecule has 0 saturated carbocycles. The van der Waals surface area contributed by atoms with E-state index in [1.807, 2.05) is 13.8 Å². The van der Waals surface area contributed by atoms with Crippen LogP contribution in [0, 0.1) is 0 Å². The first-order valence-electron chi connectivity index (χ1n) is 7.52. The van der Waals surface area contributed by atoms with Crippen LogP contribution in [0.5, 0.6) is 0 Å². The van der Waals surface area contributed by atoms with Crippen molar-refractivity contribution < 1.29 is 13.2 Å². The summed E-state index contributed by atoms with van der Waals surface area (Å²) in [6.45, 7) is 5.96. The van der Waals surface area contributed by atoms with E-state index in [9.17, 15) is 13.2 Å². The van der Waals surface area contributed by atoms with Crippen LogP contribution in [0.25, 0.3) is 0 Å². The Hall–Kier alpha value is -1.23. The van der Waals surface area contributed by atoms with Gasteiger partial charge in [0.1, 0.15) is 0 Å². The van der Waals surface area contributed by atoms with E-state index in [-0.39, 0.29) is 5.69 Å². The van der Waals surface area contributed by atoms with E-state index in [0.717, 1.165) is 25.8 Å². The molecule has 1 aromatic rings. The minimum Gasteiger partial charge on any atom is -0.374 e. The van der Waals surface area contributed by atoms with Gasteiger partial charge in [-0.3, -0.25) is 0 Å². The third-order valence-corrected chi connectivity index (χ3v) is 3.38. The van der Waals surface area contributed by atoms with Gasteiger partial charge in [-0.25, -0.2) is 0 Å². The lowest BCUT2D eigenvalue weighted by atomic mass is 10.1. The van der Waals surface area contributed by atoms with Gasteiger partial charge in [-0.05, 0) is 37.1 Å². The second kappa shape index (κ2) is 8.27. The standard InChI is InChI=1S/C16H25F3N2/c1-4-6-10-21(3)15-8-7-13(12-20-9-5-2)11-14(15)16(17,18)19/h7-8,11,20H,4-6,9-10,12H2,1-3H3. The van der Waals surface area contributed by atoms with Gasteiger partial charge >= 0.3 is 6.18 Å². The van der Waals surface area contributed by atoms with E-state index < -0.39 is 11.7 Å². The third-order valence-electron chi connectivity index (χ3n) is 3.38. The predicted molar refractivity (Wildman–Crippen MR) is 81.6 cm³/mol. The number of hydrogen-bond donors (Lipinski definition) is 1. The van der Waals surface area contributed by atoms with Gasteiger partial charge in [0.15, 0.2) is 0 Å². The summed E-state index contributed by atoms with van der Waals surface area (Å²) in [6, 6.07) is 4.62. The van der Waals surface area contributed by atoms with Crippen molar-refractivity contribution in [1.82, 2.24) is 5.32 Å². The molecule has 0 unspecified atom stereocenters. The number of hydrogen-bond acceptors (Lipinski definition) is 2. The lowest BCUT2D eigenvalue weighted by Crippen LogP contribution is -2.23. The summed E-state index contributed by atoms with van der Waals surface area (Å²) >= 11 is 0. The van der Waals surface area contributed by atoms with Gasteiger partial charge < -0.3 is 10.2 Å². The van der Waals surface area contributed by atoms with E-state index in [2.05, 4.69) is 5.32 Å². The van der Waals surface area contributed by atoms with Crippen molar-refractivity contribution in [2.75, 3.05) is 25.0 Å². The monoisotopic (exact) mass is 302 g/mol. The Morgan fingerprint density at radius 1 is 1.14 bits per heavy atom. The fourth-order valence-corrected chi connectivity index (χ4v) is 2.18. The first-order valence-corrected chi connectivity index (χ1v) is 7.52. The quantitative estimate of drug-likeness (QED) is 0.714. The zero-order valence-corrected chi connectivity index (χ0v) is 13.1. The summed E-state index contributed by atoms with van der Waals surface area (Å²) in [7, 11) is 1.72. The first-order chi connectivity index (χ1) is 9.90. The van der Waals surface area contributed by atoms with Gasteiger partial charge in [-0.15, -0.1) is 0 Å². The van der Waals surface area contributed by atoms with Gasteiger partial charge in [0, 0.05) is 25.8 Å². The van der Waals surface area contributed by atoms with E-state index in [0.29, 0.717) is 18.7 Å². The highest BCUT2D eigenvalue weighted by Crippen LogP contribution is 2.37. The molecule has 0 heterocycles. The molecule has 0 amide bonds. The molecule has 0 spiro atoms. The Bertz CT molecular complexity index is 430. The summed E-state index contributed by atoms with van der Waals surface area (Å²) < 4.78 is 39.8. The Balaban J connectivity index is 2.97. The number of unbranched alkanes of at least 4 members (excludes halogenated alkanes) is 1. The number of benzene rings is 1. The molecule has 0 aliphatic heterocycles. The van der Waals surface area contributed by atoms with Crippen LogP contribution in [-0.4, -0.2) is 20.1 Å². The minimum absolute atomic E-state index is 0.259. The Morgan fingerprint density at radius 2 is 1.86 bits per heavy atom. The predicted octanol–water partition coefficient (Wildman–Crippen LogP) is 4.44. The molecular formula is C16H25F3N2. The van der Waals surface area contributed by atoms with E-state index in [4.69, 9.17) is 0 Å². The molecule has 1 aromatic carbocycles. The molecule has 0 aromatic heterocycles. The summed E-state index contributed by atoms with van der Waals surface area (Å²) in [5.41, 5.74) is 0.385. The molecule has 5 heteroatoms. The van der Waals surface area contributed by atoms with Crippen molar-refractivity contribution in [1.29, 1.82) is 0 Å². The number of rotatable bonds is 8. The molecule has 21 heavy (non-hydrogen) atoms. The van der Waals surface area contributed by atoms with Crippen molar-refractivity contribution in [3.63, 3.8) is 0 Å². The van der Waals surface area contributed by atoms with Crippen LogP contribution < -0.4 is 10.2 Å². The lowest BCUT2D eigenvalue weighted by Gasteiger charge is -2.24.